The lowest BCUT2D eigenvalue weighted by Crippen LogP contribution is -2.58. The van der Waals surface area contributed by atoms with Crippen molar-refractivity contribution in [1.29, 1.82) is 0 Å². The van der Waals surface area contributed by atoms with Crippen LogP contribution in [0.5, 0.6) is 0 Å². The fourth-order valence-electron chi connectivity index (χ4n) is 1.29. The van der Waals surface area contributed by atoms with E-state index in [-0.39, 0.29) is 10.7 Å². The van der Waals surface area contributed by atoms with Gasteiger partial charge in [0.15, 0.2) is 0 Å². The molecule has 0 amide bonds. The lowest BCUT2D eigenvalue weighted by molar-refractivity contribution is -0.903. The van der Waals surface area contributed by atoms with Crippen molar-refractivity contribution in [1.82, 2.24) is 5.32 Å². The Morgan fingerprint density at radius 2 is 1.80 bits per heavy atom. The zero-order valence-electron chi connectivity index (χ0n) is 6.76. The number of hydrogen-bond acceptors (Lipinski definition) is 2. The third-order valence-corrected chi connectivity index (χ3v) is 2.28. The van der Waals surface area contributed by atoms with Crippen LogP contribution in [-0.2, 0) is 0 Å². The molecule has 0 radical (unpaired) electrons. The van der Waals surface area contributed by atoms with E-state index in [2.05, 4.69) is 5.32 Å². The van der Waals surface area contributed by atoms with E-state index in [0.717, 1.165) is 26.2 Å². The largest absolute Gasteiger partial charge is 0.633 e. The highest BCUT2D eigenvalue weighted by Crippen LogP contribution is 2.11. The van der Waals surface area contributed by atoms with E-state index in [4.69, 9.17) is 0 Å². The third kappa shape index (κ3) is 1.48. The van der Waals surface area contributed by atoms with Crippen molar-refractivity contribution in [3.63, 3.8) is 0 Å². The smallest absolute Gasteiger partial charge is 0.0913 e. The number of rotatable bonds is 1. The predicted octanol–water partition coefficient (Wildman–Crippen LogP) is 0.313. The van der Waals surface area contributed by atoms with Gasteiger partial charge >= 0.3 is 0 Å². The Morgan fingerprint density at radius 3 is 2.10 bits per heavy atom. The number of nitrogens with zero attached hydrogens (tertiary/aromatic N) is 1. The quantitative estimate of drug-likeness (QED) is 0.424. The average molecular weight is 144 g/mol. The Kier molecular flexibility index (Phi) is 2.28. The highest BCUT2D eigenvalue weighted by Gasteiger charge is 2.23. The summed E-state index contributed by atoms with van der Waals surface area (Å²) in [5.41, 5.74) is 0. The van der Waals surface area contributed by atoms with Gasteiger partial charge in [-0.15, -0.1) is 0 Å². The summed E-state index contributed by atoms with van der Waals surface area (Å²) in [7, 11) is 0. The second-order valence-corrected chi connectivity index (χ2v) is 3.24. The van der Waals surface area contributed by atoms with Gasteiger partial charge in [-0.2, -0.15) is 0 Å². The van der Waals surface area contributed by atoms with Crippen LogP contribution < -0.4 is 5.32 Å². The van der Waals surface area contributed by atoms with Crippen LogP contribution in [0.1, 0.15) is 13.8 Å². The molecule has 1 aliphatic heterocycles. The molecule has 1 heterocycles. The van der Waals surface area contributed by atoms with Gasteiger partial charge in [-0.3, -0.25) is 0 Å². The minimum Gasteiger partial charge on any atom is -0.633 e. The third-order valence-electron chi connectivity index (χ3n) is 2.28. The fraction of sp³-hybridized carbons (Fsp3) is 1.00. The van der Waals surface area contributed by atoms with Crippen LogP contribution in [0.15, 0.2) is 0 Å². The van der Waals surface area contributed by atoms with Crippen molar-refractivity contribution >= 4 is 0 Å². The summed E-state index contributed by atoms with van der Waals surface area (Å²) in [4.78, 5) is 0. The van der Waals surface area contributed by atoms with Crippen LogP contribution in [0, 0.1) is 5.21 Å². The molecule has 3 nitrogen and oxygen atoms in total. The molecule has 0 unspecified atom stereocenters. The summed E-state index contributed by atoms with van der Waals surface area (Å²) in [6.45, 7) is 7.22. The molecular formula is C7H16N2O. The molecule has 60 valence electrons. The van der Waals surface area contributed by atoms with Crippen molar-refractivity contribution in [3.8, 4) is 0 Å². The highest BCUT2D eigenvalue weighted by atomic mass is 16.5. The van der Waals surface area contributed by atoms with Gasteiger partial charge < -0.3 is 15.2 Å². The summed E-state index contributed by atoms with van der Waals surface area (Å²) in [5, 5.41) is 14.9. The molecule has 0 bridgehead atoms. The molecule has 0 aromatic rings. The lowest BCUT2D eigenvalue weighted by atomic mass is 10.2. The first kappa shape index (κ1) is 7.98. The van der Waals surface area contributed by atoms with E-state index in [1.807, 2.05) is 13.8 Å². The molecule has 1 fully saturated rings. The zero-order chi connectivity index (χ0) is 7.61. The molecule has 0 aromatic carbocycles. The van der Waals surface area contributed by atoms with Crippen molar-refractivity contribution < 1.29 is 4.65 Å². The first-order chi connectivity index (χ1) is 4.65. The van der Waals surface area contributed by atoms with E-state index in [1.165, 1.54) is 0 Å². The average Bonchev–Trinajstić information content (AvgIpc) is 1.89. The van der Waals surface area contributed by atoms with E-state index in [1.54, 1.807) is 0 Å². The van der Waals surface area contributed by atoms with Crippen LogP contribution in [0.4, 0.5) is 0 Å². The molecule has 1 rings (SSSR count). The monoisotopic (exact) mass is 144 g/mol. The maximum atomic E-state index is 11.7. The van der Waals surface area contributed by atoms with Gasteiger partial charge in [0.1, 0.15) is 0 Å². The van der Waals surface area contributed by atoms with Crippen molar-refractivity contribution in [3.05, 3.63) is 5.21 Å². The predicted molar refractivity (Wildman–Crippen MR) is 41.4 cm³/mol. The Labute approximate surface area is 62.2 Å². The minimum atomic E-state index is -0.00694. The molecular weight excluding hydrogens is 128 g/mol. The molecule has 3 heteroatoms. The Hall–Kier alpha value is -0.120. The molecule has 0 aliphatic carbocycles. The lowest BCUT2D eigenvalue weighted by Gasteiger charge is -2.49. The molecule has 1 saturated heterocycles. The van der Waals surface area contributed by atoms with Crippen LogP contribution in [0.2, 0.25) is 0 Å². The second kappa shape index (κ2) is 2.86. The number of piperazine rings is 1. The summed E-state index contributed by atoms with van der Waals surface area (Å²) in [5.74, 6) is 0. The summed E-state index contributed by atoms with van der Waals surface area (Å²) >= 11 is 0. The molecule has 0 saturated carbocycles. The maximum absolute atomic E-state index is 11.7. The van der Waals surface area contributed by atoms with E-state index >= 15 is 0 Å². The van der Waals surface area contributed by atoms with Crippen LogP contribution in [0.25, 0.3) is 0 Å². The van der Waals surface area contributed by atoms with Gasteiger partial charge in [-0.25, -0.2) is 0 Å². The second-order valence-electron chi connectivity index (χ2n) is 3.24. The van der Waals surface area contributed by atoms with Crippen LogP contribution in [0.3, 0.4) is 0 Å². The molecule has 0 atom stereocenters. The first-order valence-electron chi connectivity index (χ1n) is 3.94. The van der Waals surface area contributed by atoms with Gasteiger partial charge in [0.25, 0.3) is 0 Å². The molecule has 0 spiro atoms. The SMILES string of the molecule is CC(C)[N+]1([O-])CCNCC1. The summed E-state index contributed by atoms with van der Waals surface area (Å²) < 4.78 is -0.00694. The van der Waals surface area contributed by atoms with Gasteiger partial charge in [0.05, 0.1) is 19.1 Å². The highest BCUT2D eigenvalue weighted by molar-refractivity contribution is 4.59. The van der Waals surface area contributed by atoms with Crippen LogP contribution in [-0.4, -0.2) is 36.9 Å². The topological polar surface area (TPSA) is 35.1 Å². The Bertz CT molecular complexity index is 108. The Balaban J connectivity index is 2.48. The van der Waals surface area contributed by atoms with Gasteiger partial charge in [-0.05, 0) is 13.8 Å². The van der Waals surface area contributed by atoms with Gasteiger partial charge in [-0.1, -0.05) is 0 Å². The van der Waals surface area contributed by atoms with Gasteiger partial charge in [0.2, 0.25) is 0 Å². The Morgan fingerprint density at radius 1 is 1.30 bits per heavy atom. The number of nitrogens with one attached hydrogen (secondary N) is 1. The van der Waals surface area contributed by atoms with Crippen molar-refractivity contribution in [2.24, 2.45) is 0 Å². The number of quaternary nitrogens is 1. The number of hydrogen-bond donors (Lipinski definition) is 1. The normalized spacial score (nSPS) is 25.2. The molecule has 1 aliphatic rings. The first-order valence-corrected chi connectivity index (χ1v) is 3.94. The van der Waals surface area contributed by atoms with E-state index < -0.39 is 0 Å². The van der Waals surface area contributed by atoms with Crippen molar-refractivity contribution in [2.45, 2.75) is 19.9 Å². The minimum absolute atomic E-state index is 0.00694. The van der Waals surface area contributed by atoms with Crippen LogP contribution >= 0.6 is 0 Å². The van der Waals surface area contributed by atoms with E-state index in [9.17, 15) is 5.21 Å². The van der Waals surface area contributed by atoms with E-state index in [0.29, 0.717) is 0 Å². The zero-order valence-corrected chi connectivity index (χ0v) is 6.76. The summed E-state index contributed by atoms with van der Waals surface area (Å²) in [6, 6.07) is 0.224. The van der Waals surface area contributed by atoms with Crippen molar-refractivity contribution in [2.75, 3.05) is 26.2 Å². The standard InChI is InChI=1S/C7H16N2O/c1-7(2)9(10)5-3-8-4-6-9/h7-8H,3-6H2,1-2H3. The molecule has 10 heavy (non-hydrogen) atoms. The fourth-order valence-corrected chi connectivity index (χ4v) is 1.29. The molecule has 1 N–H and O–H groups in total. The van der Waals surface area contributed by atoms with Gasteiger partial charge in [0, 0.05) is 13.1 Å². The molecule has 0 aromatic heterocycles. The number of hydroxylamine groups is 3. The summed E-state index contributed by atoms with van der Waals surface area (Å²) in [6.07, 6.45) is 0. The maximum Gasteiger partial charge on any atom is 0.0913 e.